The van der Waals surface area contributed by atoms with Crippen LogP contribution >= 0.6 is 0 Å². The number of aromatic nitrogens is 6. The maximum absolute atomic E-state index is 11.8. The highest BCUT2D eigenvalue weighted by Crippen LogP contribution is 2.37. The van der Waals surface area contributed by atoms with Crippen molar-refractivity contribution in [2.45, 2.75) is 38.9 Å². The Bertz CT molecular complexity index is 3120. The molecule has 4 aromatic carbocycles. The van der Waals surface area contributed by atoms with Crippen LogP contribution in [0.15, 0.2) is 134 Å². The van der Waals surface area contributed by atoms with Gasteiger partial charge < -0.3 is 49.7 Å². The number of hydrogen-bond donors (Lipinski definition) is 5. The summed E-state index contributed by atoms with van der Waals surface area (Å²) in [5.74, 6) is 3.79. The standard InChI is InChI=1S/C29H35N5O4Si.C23H21N5O4/c1-29(2,3)39(5,6)37-16-15-36-26-10-8-7-9-24(26)34-28-32-19-20-17-21(11-12-23(20)33-28)38-22-13-14-31-25(18-22)27(35)30-4;1-24-22(30)20-13-17(8-9-25-20)32-16-6-7-18-15(12-16)14-26-23(27-18)28-19-4-2-3-5-21(19)31-11-10-29/h7-14,17-19H,15-16H2,1-6H3,(H,30,35)(H,32,33,34);2-9,12-14,29H,10-11H2,1H3,(H,24,30)(H,26,27,28). The third-order valence-corrected chi connectivity index (χ3v) is 15.7. The number of aliphatic hydroxyl groups is 1. The highest BCUT2D eigenvalue weighted by molar-refractivity contribution is 6.74. The summed E-state index contributed by atoms with van der Waals surface area (Å²) in [5.41, 5.74) is 3.50. The van der Waals surface area contributed by atoms with E-state index in [9.17, 15) is 9.59 Å². The summed E-state index contributed by atoms with van der Waals surface area (Å²) >= 11 is 0. The molecule has 0 aliphatic carbocycles. The lowest BCUT2D eigenvalue weighted by Gasteiger charge is -2.36. The fraction of sp³-hybridized carbons (Fsp3) is 0.231. The van der Waals surface area contributed by atoms with E-state index in [4.69, 9.17) is 28.5 Å². The van der Waals surface area contributed by atoms with Gasteiger partial charge in [-0.15, -0.1) is 0 Å². The maximum Gasteiger partial charge on any atom is 0.269 e. The third kappa shape index (κ3) is 13.7. The molecule has 0 radical (unpaired) electrons. The van der Waals surface area contributed by atoms with Crippen LogP contribution in [0.4, 0.5) is 23.3 Å². The van der Waals surface area contributed by atoms with Crippen LogP contribution in [0.25, 0.3) is 21.8 Å². The molecule has 0 spiro atoms. The van der Waals surface area contributed by atoms with E-state index in [1.165, 1.54) is 12.4 Å². The fourth-order valence-corrected chi connectivity index (χ4v) is 7.48. The van der Waals surface area contributed by atoms with Gasteiger partial charge in [0.1, 0.15) is 59.1 Å². The molecule has 2 amide bonds. The molecular weight excluding hydrogens is 921 g/mol. The first-order valence-electron chi connectivity index (χ1n) is 22.7. The van der Waals surface area contributed by atoms with Crippen molar-refractivity contribution in [1.82, 2.24) is 40.5 Å². The molecule has 0 aliphatic rings. The predicted molar refractivity (Wildman–Crippen MR) is 275 cm³/mol. The van der Waals surface area contributed by atoms with Crippen molar-refractivity contribution in [3.05, 3.63) is 145 Å². The van der Waals surface area contributed by atoms with Crippen molar-refractivity contribution < 1.29 is 38.1 Å². The summed E-state index contributed by atoms with van der Waals surface area (Å²) in [5, 5.41) is 22.2. The van der Waals surface area contributed by atoms with Gasteiger partial charge in [0, 0.05) is 61.8 Å². The minimum absolute atomic E-state index is 0.0716. The van der Waals surface area contributed by atoms with Crippen molar-refractivity contribution in [3.63, 3.8) is 0 Å². The molecule has 71 heavy (non-hydrogen) atoms. The Kier molecular flexibility index (Phi) is 16.7. The number of fused-ring (bicyclic) bond motifs is 2. The van der Waals surface area contributed by atoms with Crippen molar-refractivity contribution in [3.8, 4) is 34.5 Å². The quantitative estimate of drug-likeness (QED) is 0.0398. The highest BCUT2D eigenvalue weighted by Gasteiger charge is 2.37. The van der Waals surface area contributed by atoms with Gasteiger partial charge in [0.2, 0.25) is 11.9 Å². The number of nitrogens with zero attached hydrogens (tertiary/aromatic N) is 6. The molecule has 366 valence electrons. The molecule has 5 N–H and O–H groups in total. The number of pyridine rings is 2. The van der Waals surface area contributed by atoms with Gasteiger partial charge in [-0.25, -0.2) is 19.9 Å². The van der Waals surface area contributed by atoms with Crippen molar-refractivity contribution in [2.75, 3.05) is 51.2 Å². The number of ether oxygens (including phenoxy) is 4. The number of benzene rings is 4. The van der Waals surface area contributed by atoms with E-state index in [0.29, 0.717) is 65.3 Å². The molecule has 4 aromatic heterocycles. The summed E-state index contributed by atoms with van der Waals surface area (Å²) < 4.78 is 29.6. The van der Waals surface area contributed by atoms with Gasteiger partial charge in [-0.2, -0.15) is 0 Å². The Morgan fingerprint density at radius 2 is 1.03 bits per heavy atom. The highest BCUT2D eigenvalue weighted by atomic mass is 28.4. The number of hydrogen-bond acceptors (Lipinski definition) is 16. The normalized spacial score (nSPS) is 11.2. The number of amides is 2. The molecule has 8 rings (SSSR count). The fourth-order valence-electron chi connectivity index (χ4n) is 6.45. The minimum atomic E-state index is -1.82. The van der Waals surface area contributed by atoms with E-state index < -0.39 is 8.32 Å². The molecule has 0 unspecified atom stereocenters. The lowest BCUT2D eigenvalue weighted by molar-refractivity contribution is 0.0950. The van der Waals surface area contributed by atoms with Crippen molar-refractivity contribution >= 4 is 65.2 Å². The molecular formula is C52H56N10O8Si. The molecule has 0 aliphatic heterocycles. The van der Waals surface area contributed by atoms with Crippen LogP contribution in [0.3, 0.4) is 0 Å². The summed E-state index contributed by atoms with van der Waals surface area (Å²) in [4.78, 5) is 49.7. The zero-order chi connectivity index (χ0) is 50.4. The summed E-state index contributed by atoms with van der Waals surface area (Å²) in [6.45, 7) is 12.3. The number of rotatable bonds is 18. The van der Waals surface area contributed by atoms with Crippen LogP contribution in [0.5, 0.6) is 34.5 Å². The molecule has 8 aromatic rings. The minimum Gasteiger partial charge on any atom is -0.489 e. The number of para-hydroxylation sites is 4. The van der Waals surface area contributed by atoms with Gasteiger partial charge in [-0.05, 0) is 90.9 Å². The van der Waals surface area contributed by atoms with Crippen LogP contribution < -0.4 is 40.2 Å². The Morgan fingerprint density at radius 1 is 0.577 bits per heavy atom. The molecule has 0 atom stereocenters. The van der Waals surface area contributed by atoms with Crippen molar-refractivity contribution in [2.24, 2.45) is 0 Å². The molecule has 4 heterocycles. The number of anilines is 4. The van der Waals surface area contributed by atoms with Gasteiger partial charge in [-0.3, -0.25) is 19.6 Å². The second-order valence-corrected chi connectivity index (χ2v) is 22.0. The lowest BCUT2D eigenvalue weighted by atomic mass is 10.2. The zero-order valence-corrected chi connectivity index (χ0v) is 41.5. The first-order valence-corrected chi connectivity index (χ1v) is 25.6. The van der Waals surface area contributed by atoms with E-state index in [1.807, 2.05) is 72.8 Å². The van der Waals surface area contributed by atoms with Gasteiger partial charge in [-0.1, -0.05) is 45.0 Å². The van der Waals surface area contributed by atoms with Crippen LogP contribution in [0, 0.1) is 0 Å². The topological polar surface area (TPSA) is 226 Å². The average molecular weight is 977 g/mol. The molecule has 0 saturated carbocycles. The summed E-state index contributed by atoms with van der Waals surface area (Å²) in [6, 6.07) is 32.6. The largest absolute Gasteiger partial charge is 0.489 e. The summed E-state index contributed by atoms with van der Waals surface area (Å²) in [6.07, 6.45) is 6.48. The molecule has 0 fully saturated rings. The molecule has 18 nitrogen and oxygen atoms in total. The average Bonchev–Trinajstić information content (AvgIpc) is 3.37. The third-order valence-electron chi connectivity index (χ3n) is 11.2. The Labute approximate surface area is 412 Å². The number of nitrogens with one attached hydrogen (secondary N) is 4. The SMILES string of the molecule is CNC(=O)c1cc(Oc2ccc3nc(Nc4ccccc4OCCO)ncc3c2)ccn1.CNC(=O)c1cc(Oc2ccc3nc(Nc4ccccc4OCCO[Si](C)(C)C(C)(C)C)ncc3c2)ccn1. The predicted octanol–water partition coefficient (Wildman–Crippen LogP) is 9.61. The zero-order valence-electron chi connectivity index (χ0n) is 40.5. The molecule has 0 saturated heterocycles. The lowest BCUT2D eigenvalue weighted by Crippen LogP contribution is -2.41. The van der Waals surface area contributed by atoms with Crippen LogP contribution in [0.2, 0.25) is 18.1 Å². The van der Waals surface area contributed by atoms with E-state index in [-0.39, 0.29) is 41.5 Å². The van der Waals surface area contributed by atoms with Crippen molar-refractivity contribution in [1.29, 1.82) is 0 Å². The monoisotopic (exact) mass is 976 g/mol. The van der Waals surface area contributed by atoms with Gasteiger partial charge in [0.05, 0.1) is 35.6 Å². The van der Waals surface area contributed by atoms with E-state index in [2.05, 4.69) is 85.0 Å². The second-order valence-electron chi connectivity index (χ2n) is 17.2. The Morgan fingerprint density at radius 3 is 1.48 bits per heavy atom. The Hall–Kier alpha value is -8.26. The van der Waals surface area contributed by atoms with E-state index >= 15 is 0 Å². The van der Waals surface area contributed by atoms with E-state index in [0.717, 1.165) is 27.5 Å². The number of aliphatic hydroxyl groups excluding tert-OH is 1. The van der Waals surface area contributed by atoms with E-state index in [1.54, 1.807) is 62.9 Å². The number of carbonyl (C=O) groups excluding carboxylic acids is 2. The van der Waals surface area contributed by atoms with Gasteiger partial charge in [0.25, 0.3) is 11.8 Å². The maximum atomic E-state index is 11.8. The first-order chi connectivity index (χ1) is 34.2. The Balaban J connectivity index is 0.000000213. The summed E-state index contributed by atoms with van der Waals surface area (Å²) in [7, 11) is 1.28. The van der Waals surface area contributed by atoms with Gasteiger partial charge >= 0.3 is 0 Å². The van der Waals surface area contributed by atoms with Crippen LogP contribution in [-0.2, 0) is 4.43 Å². The van der Waals surface area contributed by atoms with Crippen LogP contribution in [-0.4, -0.2) is 95.7 Å². The molecule has 19 heteroatoms. The second kappa shape index (κ2) is 23.4. The van der Waals surface area contributed by atoms with Gasteiger partial charge in [0.15, 0.2) is 8.32 Å². The number of carbonyl (C=O) groups is 2. The first kappa shape index (κ1) is 50.6. The van der Waals surface area contributed by atoms with Crippen LogP contribution in [0.1, 0.15) is 41.7 Å². The smallest absolute Gasteiger partial charge is 0.269 e. The molecule has 0 bridgehead atoms.